The fourth-order valence-electron chi connectivity index (χ4n) is 0.715. The quantitative estimate of drug-likeness (QED) is 0.659. The minimum atomic E-state index is 0.0951. The number of thiophene rings is 1. The van der Waals surface area contributed by atoms with Gasteiger partial charge in [0.2, 0.25) is 0 Å². The van der Waals surface area contributed by atoms with E-state index in [0.717, 1.165) is 12.0 Å². The molecule has 1 heterocycles. The maximum absolute atomic E-state index is 8.64. The molecular weight excluding hydrogens is 144 g/mol. The second-order valence-corrected chi connectivity index (χ2v) is 3.20. The van der Waals surface area contributed by atoms with Gasteiger partial charge in [-0.3, -0.25) is 0 Å². The molecule has 0 saturated heterocycles. The third-order valence-electron chi connectivity index (χ3n) is 1.23. The van der Waals surface area contributed by atoms with Crippen LogP contribution in [0, 0.1) is 0 Å². The van der Waals surface area contributed by atoms with E-state index in [9.17, 15) is 0 Å². The van der Waals surface area contributed by atoms with E-state index in [1.165, 1.54) is 4.88 Å². The normalized spacial score (nSPS) is 9.70. The summed E-state index contributed by atoms with van der Waals surface area (Å²) < 4.78 is 0. The van der Waals surface area contributed by atoms with E-state index in [2.05, 4.69) is 6.58 Å². The number of hydrogen-bond donors (Lipinski definition) is 1. The smallest absolute Gasteiger partial charge is 0.0642 e. The highest BCUT2D eigenvalue weighted by Crippen LogP contribution is 2.12. The van der Waals surface area contributed by atoms with Crippen LogP contribution in [-0.2, 0) is 6.42 Å². The number of hydrogen-bond acceptors (Lipinski definition) is 2. The molecule has 0 bridgehead atoms. The van der Waals surface area contributed by atoms with Crippen LogP contribution < -0.4 is 0 Å². The molecule has 0 unspecified atom stereocenters. The highest BCUT2D eigenvalue weighted by atomic mass is 32.1. The van der Waals surface area contributed by atoms with Gasteiger partial charge in [-0.25, -0.2) is 0 Å². The van der Waals surface area contributed by atoms with Gasteiger partial charge < -0.3 is 5.11 Å². The number of aliphatic hydroxyl groups excluding tert-OH is 1. The topological polar surface area (TPSA) is 20.2 Å². The monoisotopic (exact) mass is 154 g/mol. The molecule has 1 aromatic rings. The van der Waals surface area contributed by atoms with Crippen LogP contribution in [0.1, 0.15) is 4.88 Å². The molecular formula is C8H10OS. The Kier molecular flexibility index (Phi) is 2.66. The van der Waals surface area contributed by atoms with Gasteiger partial charge >= 0.3 is 0 Å². The van der Waals surface area contributed by atoms with Gasteiger partial charge in [0, 0.05) is 11.3 Å². The maximum atomic E-state index is 8.64. The summed E-state index contributed by atoms with van der Waals surface area (Å²) in [6.07, 6.45) is 0.814. The summed E-state index contributed by atoms with van der Waals surface area (Å²) in [5.74, 6) is 0. The van der Waals surface area contributed by atoms with Crippen LogP contribution in [0.4, 0.5) is 0 Å². The average Bonchev–Trinajstić information content (AvgIpc) is 2.40. The van der Waals surface area contributed by atoms with Gasteiger partial charge in [-0.05, 0) is 17.0 Å². The van der Waals surface area contributed by atoms with Crippen LogP contribution in [0.15, 0.2) is 29.7 Å². The first kappa shape index (κ1) is 7.51. The van der Waals surface area contributed by atoms with Crippen molar-refractivity contribution in [2.45, 2.75) is 6.42 Å². The molecule has 2 heteroatoms. The van der Waals surface area contributed by atoms with Crippen LogP contribution >= 0.6 is 11.3 Å². The van der Waals surface area contributed by atoms with Gasteiger partial charge in [0.05, 0.1) is 6.61 Å². The Hall–Kier alpha value is -0.600. The molecule has 1 nitrogen and oxygen atoms in total. The summed E-state index contributed by atoms with van der Waals surface area (Å²) >= 11 is 1.69. The van der Waals surface area contributed by atoms with Crippen molar-refractivity contribution in [1.29, 1.82) is 0 Å². The molecule has 0 spiro atoms. The van der Waals surface area contributed by atoms with Crippen LogP contribution in [0.3, 0.4) is 0 Å². The Morgan fingerprint density at radius 3 is 3.00 bits per heavy atom. The van der Waals surface area contributed by atoms with Crippen molar-refractivity contribution in [3.05, 3.63) is 34.5 Å². The molecule has 0 aliphatic heterocycles. The molecule has 1 N–H and O–H groups in total. The fourth-order valence-corrected chi connectivity index (χ4v) is 1.49. The molecule has 0 saturated carbocycles. The highest BCUT2D eigenvalue weighted by Gasteiger charge is 1.95. The van der Waals surface area contributed by atoms with Crippen LogP contribution in [0.5, 0.6) is 0 Å². The summed E-state index contributed by atoms with van der Waals surface area (Å²) in [6, 6.07) is 4.05. The van der Waals surface area contributed by atoms with Gasteiger partial charge in [-0.1, -0.05) is 12.6 Å². The SMILES string of the molecule is C=C(CO)Cc1cccs1. The van der Waals surface area contributed by atoms with Crippen molar-refractivity contribution >= 4 is 11.3 Å². The maximum Gasteiger partial charge on any atom is 0.0642 e. The summed E-state index contributed by atoms with van der Waals surface area (Å²) in [6.45, 7) is 3.80. The first-order chi connectivity index (χ1) is 4.83. The molecule has 1 rings (SSSR count). The van der Waals surface area contributed by atoms with Gasteiger partial charge in [0.15, 0.2) is 0 Å². The van der Waals surface area contributed by atoms with Crippen molar-refractivity contribution in [2.24, 2.45) is 0 Å². The fraction of sp³-hybridized carbons (Fsp3) is 0.250. The average molecular weight is 154 g/mol. The molecule has 0 radical (unpaired) electrons. The van der Waals surface area contributed by atoms with E-state index >= 15 is 0 Å². The summed E-state index contributed by atoms with van der Waals surface area (Å²) in [7, 11) is 0. The zero-order valence-electron chi connectivity index (χ0n) is 5.71. The second-order valence-electron chi connectivity index (χ2n) is 2.16. The molecule has 0 aliphatic rings. The first-order valence-electron chi connectivity index (χ1n) is 3.13. The van der Waals surface area contributed by atoms with Crippen LogP contribution in [-0.4, -0.2) is 11.7 Å². The van der Waals surface area contributed by atoms with Crippen molar-refractivity contribution < 1.29 is 5.11 Å². The zero-order chi connectivity index (χ0) is 7.40. The first-order valence-corrected chi connectivity index (χ1v) is 4.01. The Balaban J connectivity index is 2.48. The standard InChI is InChI=1S/C8H10OS/c1-7(6-9)5-8-3-2-4-10-8/h2-4,9H,1,5-6H2. The van der Waals surface area contributed by atoms with Gasteiger partial charge in [-0.2, -0.15) is 0 Å². The van der Waals surface area contributed by atoms with E-state index in [4.69, 9.17) is 5.11 Å². The van der Waals surface area contributed by atoms with E-state index in [1.807, 2.05) is 17.5 Å². The lowest BCUT2D eigenvalue weighted by atomic mass is 10.2. The Morgan fingerprint density at radius 1 is 1.70 bits per heavy atom. The number of rotatable bonds is 3. The summed E-state index contributed by atoms with van der Waals surface area (Å²) in [4.78, 5) is 1.26. The van der Waals surface area contributed by atoms with Gasteiger partial charge in [-0.15, -0.1) is 11.3 Å². The van der Waals surface area contributed by atoms with Gasteiger partial charge in [0.25, 0.3) is 0 Å². The molecule has 54 valence electrons. The summed E-state index contributed by atoms with van der Waals surface area (Å²) in [5.41, 5.74) is 0.877. The largest absolute Gasteiger partial charge is 0.392 e. The molecule has 0 atom stereocenters. The minimum absolute atomic E-state index is 0.0951. The third kappa shape index (κ3) is 1.97. The van der Waals surface area contributed by atoms with E-state index in [0.29, 0.717) is 0 Å². The summed E-state index contributed by atoms with van der Waals surface area (Å²) in [5, 5.41) is 10.7. The molecule has 10 heavy (non-hydrogen) atoms. The van der Waals surface area contributed by atoms with Crippen LogP contribution in [0.25, 0.3) is 0 Å². The van der Waals surface area contributed by atoms with E-state index < -0.39 is 0 Å². The molecule has 0 aromatic carbocycles. The Labute approximate surface area is 64.6 Å². The molecule has 0 aliphatic carbocycles. The predicted octanol–water partition coefficient (Wildman–Crippen LogP) is 1.84. The third-order valence-corrected chi connectivity index (χ3v) is 2.10. The van der Waals surface area contributed by atoms with E-state index in [1.54, 1.807) is 11.3 Å². The van der Waals surface area contributed by atoms with Crippen molar-refractivity contribution in [2.75, 3.05) is 6.61 Å². The van der Waals surface area contributed by atoms with E-state index in [-0.39, 0.29) is 6.61 Å². The van der Waals surface area contributed by atoms with Crippen molar-refractivity contribution in [3.8, 4) is 0 Å². The molecule has 0 fully saturated rings. The minimum Gasteiger partial charge on any atom is -0.392 e. The van der Waals surface area contributed by atoms with Crippen LogP contribution in [0.2, 0.25) is 0 Å². The Morgan fingerprint density at radius 2 is 2.50 bits per heavy atom. The number of aliphatic hydroxyl groups is 1. The van der Waals surface area contributed by atoms with Crippen molar-refractivity contribution in [3.63, 3.8) is 0 Å². The molecule has 1 aromatic heterocycles. The Bertz CT molecular complexity index is 201. The second kappa shape index (κ2) is 3.54. The van der Waals surface area contributed by atoms with Crippen molar-refractivity contribution in [1.82, 2.24) is 0 Å². The lowest BCUT2D eigenvalue weighted by Gasteiger charge is -1.96. The lowest BCUT2D eigenvalue weighted by molar-refractivity contribution is 0.329. The predicted molar refractivity (Wildman–Crippen MR) is 44.2 cm³/mol. The van der Waals surface area contributed by atoms with Gasteiger partial charge in [0.1, 0.15) is 0 Å². The highest BCUT2D eigenvalue weighted by molar-refractivity contribution is 7.09. The zero-order valence-corrected chi connectivity index (χ0v) is 6.53. The lowest BCUT2D eigenvalue weighted by Crippen LogP contribution is -1.90. The molecule has 0 amide bonds.